The third-order valence-corrected chi connectivity index (χ3v) is 3.38. The first-order valence-corrected chi connectivity index (χ1v) is 4.92. The van der Waals surface area contributed by atoms with Gasteiger partial charge in [0, 0.05) is 0 Å². The molecule has 0 aromatic rings. The van der Waals surface area contributed by atoms with Gasteiger partial charge in [0.1, 0.15) is 0 Å². The number of hydrogen-bond acceptors (Lipinski definition) is 1. The fourth-order valence-electron chi connectivity index (χ4n) is 2.68. The molecule has 1 nitrogen and oxygen atoms in total. The quantitative estimate of drug-likeness (QED) is 0.481. The van der Waals surface area contributed by atoms with Gasteiger partial charge >= 0.3 is 0 Å². The molecule has 2 atom stereocenters. The molecule has 0 N–H and O–H groups in total. The van der Waals surface area contributed by atoms with Crippen molar-refractivity contribution in [2.45, 2.75) is 32.1 Å². The Bertz CT molecular complexity index is 133. The molecule has 1 aliphatic heterocycles. The maximum absolute atomic E-state index is 4.02. The number of fused-ring (bicyclic) bond motifs is 1. The number of nitrogens with zero attached hydrogens (tertiary/aromatic N) is 1. The lowest BCUT2D eigenvalue weighted by atomic mass is 9.75. The molecular weight excluding hydrogens is 134 g/mol. The second-order valence-electron chi connectivity index (χ2n) is 4.17. The summed E-state index contributed by atoms with van der Waals surface area (Å²) in [6, 6.07) is 0. The van der Waals surface area contributed by atoms with Crippen LogP contribution in [0, 0.1) is 18.9 Å². The Labute approximate surface area is 69.8 Å². The maximum atomic E-state index is 4.02. The van der Waals surface area contributed by atoms with Crippen LogP contribution >= 0.6 is 0 Å². The van der Waals surface area contributed by atoms with Gasteiger partial charge in [-0.25, -0.2) is 0 Å². The lowest BCUT2D eigenvalue weighted by Gasteiger charge is -2.43. The van der Waals surface area contributed by atoms with Crippen molar-refractivity contribution in [1.29, 1.82) is 0 Å². The SMILES string of the molecule is [CH2-]N1CCC2CCCCC2C1. The molecule has 0 aromatic carbocycles. The highest BCUT2D eigenvalue weighted by atomic mass is 15.1. The minimum Gasteiger partial charge on any atom is -0.459 e. The summed E-state index contributed by atoms with van der Waals surface area (Å²) in [6.07, 6.45) is 7.33. The molecule has 0 spiro atoms. The summed E-state index contributed by atoms with van der Waals surface area (Å²) in [5.41, 5.74) is 0. The van der Waals surface area contributed by atoms with Crippen molar-refractivity contribution < 1.29 is 0 Å². The summed E-state index contributed by atoms with van der Waals surface area (Å²) in [5, 5.41) is 0. The molecular formula is C10H18N-. The Hall–Kier alpha value is -0.0400. The average Bonchev–Trinajstić information content (AvgIpc) is 2.04. The molecule has 1 heteroatoms. The second kappa shape index (κ2) is 3.14. The monoisotopic (exact) mass is 152 g/mol. The summed E-state index contributed by atoms with van der Waals surface area (Å²) in [4.78, 5) is 2.26. The van der Waals surface area contributed by atoms with E-state index in [1.165, 1.54) is 45.2 Å². The third kappa shape index (κ3) is 1.58. The fraction of sp³-hybridized carbons (Fsp3) is 0.900. The van der Waals surface area contributed by atoms with Gasteiger partial charge < -0.3 is 4.90 Å². The van der Waals surface area contributed by atoms with Crippen LogP contribution in [0.3, 0.4) is 0 Å². The Balaban J connectivity index is 1.93. The zero-order valence-corrected chi connectivity index (χ0v) is 7.26. The van der Waals surface area contributed by atoms with Crippen LogP contribution in [0.5, 0.6) is 0 Å². The van der Waals surface area contributed by atoms with Crippen LogP contribution in [0.25, 0.3) is 0 Å². The van der Waals surface area contributed by atoms with Gasteiger partial charge in [0.15, 0.2) is 0 Å². The topological polar surface area (TPSA) is 3.24 Å². The van der Waals surface area contributed by atoms with Crippen LogP contribution < -0.4 is 0 Å². The van der Waals surface area contributed by atoms with Crippen molar-refractivity contribution in [2.75, 3.05) is 13.1 Å². The van der Waals surface area contributed by atoms with Gasteiger partial charge in [-0.15, -0.1) is 0 Å². The smallest absolute Gasteiger partial charge is 0.0272 e. The molecule has 64 valence electrons. The van der Waals surface area contributed by atoms with E-state index in [4.69, 9.17) is 0 Å². The highest BCUT2D eigenvalue weighted by molar-refractivity contribution is 4.82. The predicted molar refractivity (Wildman–Crippen MR) is 47.0 cm³/mol. The summed E-state index contributed by atoms with van der Waals surface area (Å²) < 4.78 is 0. The summed E-state index contributed by atoms with van der Waals surface area (Å²) in [7, 11) is 4.02. The maximum Gasteiger partial charge on any atom is -0.0272 e. The fourth-order valence-corrected chi connectivity index (χ4v) is 2.68. The molecule has 2 rings (SSSR count). The van der Waals surface area contributed by atoms with Crippen LogP contribution in [-0.4, -0.2) is 18.0 Å². The van der Waals surface area contributed by atoms with Crippen LogP contribution in [-0.2, 0) is 0 Å². The Morgan fingerprint density at radius 2 is 1.73 bits per heavy atom. The van der Waals surface area contributed by atoms with Crippen molar-refractivity contribution in [1.82, 2.24) is 4.90 Å². The van der Waals surface area contributed by atoms with Crippen LogP contribution in [0.1, 0.15) is 32.1 Å². The minimum atomic E-state index is 0.995. The number of rotatable bonds is 0. The van der Waals surface area contributed by atoms with E-state index in [0.717, 1.165) is 11.8 Å². The molecule has 2 unspecified atom stereocenters. The van der Waals surface area contributed by atoms with Crippen molar-refractivity contribution in [3.8, 4) is 0 Å². The lowest BCUT2D eigenvalue weighted by molar-refractivity contribution is 0.116. The number of hydrogen-bond donors (Lipinski definition) is 0. The van der Waals surface area contributed by atoms with Crippen LogP contribution in [0.4, 0.5) is 0 Å². The van der Waals surface area contributed by atoms with E-state index < -0.39 is 0 Å². The predicted octanol–water partition coefficient (Wildman–Crippen LogP) is 2.29. The normalized spacial score (nSPS) is 40.1. The molecule has 2 fully saturated rings. The van der Waals surface area contributed by atoms with Gasteiger partial charge in [0.25, 0.3) is 0 Å². The van der Waals surface area contributed by atoms with Gasteiger partial charge in [-0.05, 0) is 37.8 Å². The second-order valence-corrected chi connectivity index (χ2v) is 4.17. The van der Waals surface area contributed by atoms with Gasteiger partial charge in [-0.3, -0.25) is 7.05 Å². The van der Waals surface area contributed by atoms with E-state index in [-0.39, 0.29) is 0 Å². The summed E-state index contributed by atoms with van der Waals surface area (Å²) in [5.74, 6) is 2.05. The molecule has 1 aliphatic carbocycles. The highest BCUT2D eigenvalue weighted by Gasteiger charge is 2.27. The van der Waals surface area contributed by atoms with Gasteiger partial charge in [-0.1, -0.05) is 19.3 Å². The minimum absolute atomic E-state index is 0.995. The number of likely N-dealkylation sites (tertiary alicyclic amines) is 1. The Kier molecular flexibility index (Phi) is 2.17. The van der Waals surface area contributed by atoms with Crippen molar-refractivity contribution >= 4 is 0 Å². The Morgan fingerprint density at radius 1 is 1.00 bits per heavy atom. The van der Waals surface area contributed by atoms with Crippen LogP contribution in [0.2, 0.25) is 0 Å². The van der Waals surface area contributed by atoms with Crippen molar-refractivity contribution in [2.24, 2.45) is 11.8 Å². The summed E-state index contributed by atoms with van der Waals surface area (Å²) >= 11 is 0. The lowest BCUT2D eigenvalue weighted by Crippen LogP contribution is -2.38. The largest absolute Gasteiger partial charge is 0.459 e. The molecule has 0 bridgehead atoms. The molecule has 0 amide bonds. The Morgan fingerprint density at radius 3 is 2.55 bits per heavy atom. The molecule has 1 saturated heterocycles. The van der Waals surface area contributed by atoms with E-state index in [0.29, 0.717) is 0 Å². The van der Waals surface area contributed by atoms with E-state index in [2.05, 4.69) is 11.9 Å². The van der Waals surface area contributed by atoms with E-state index >= 15 is 0 Å². The first kappa shape index (κ1) is 7.60. The van der Waals surface area contributed by atoms with Gasteiger partial charge in [0.05, 0.1) is 0 Å². The van der Waals surface area contributed by atoms with Gasteiger partial charge in [-0.2, -0.15) is 0 Å². The number of piperidine rings is 1. The first-order valence-electron chi connectivity index (χ1n) is 4.92. The third-order valence-electron chi connectivity index (χ3n) is 3.38. The zero-order valence-electron chi connectivity index (χ0n) is 7.26. The molecule has 11 heavy (non-hydrogen) atoms. The summed E-state index contributed by atoms with van der Waals surface area (Å²) in [6.45, 7) is 2.51. The standard InChI is InChI=1S/C10H18N/c1-11-7-6-9-4-2-3-5-10(9)8-11/h9-10H,1-8H2/q-1. The molecule has 1 heterocycles. The average molecular weight is 152 g/mol. The zero-order chi connectivity index (χ0) is 7.68. The highest BCUT2D eigenvalue weighted by Crippen LogP contribution is 2.35. The van der Waals surface area contributed by atoms with Crippen molar-refractivity contribution in [3.05, 3.63) is 7.05 Å². The van der Waals surface area contributed by atoms with Gasteiger partial charge in [0.2, 0.25) is 0 Å². The molecule has 2 aliphatic rings. The van der Waals surface area contributed by atoms with Crippen molar-refractivity contribution in [3.63, 3.8) is 0 Å². The first-order chi connectivity index (χ1) is 5.36. The molecule has 0 aromatic heterocycles. The van der Waals surface area contributed by atoms with Crippen LogP contribution in [0.15, 0.2) is 0 Å². The van der Waals surface area contributed by atoms with E-state index in [1.807, 2.05) is 0 Å². The molecule has 0 radical (unpaired) electrons. The molecule has 1 saturated carbocycles. The van der Waals surface area contributed by atoms with E-state index in [9.17, 15) is 0 Å². The van der Waals surface area contributed by atoms with E-state index in [1.54, 1.807) is 0 Å².